The molecular formula is C90H180CaN2O8. The first-order valence-electron chi connectivity index (χ1n) is 45.0. The molecule has 0 fully saturated rings. The Morgan fingerprint density at radius 2 is 0.287 bits per heavy atom. The molecule has 11 heteroatoms. The maximum atomic E-state index is 10.6. The number of hydrogen-bond acceptors (Lipinski definition) is 7. The van der Waals surface area contributed by atoms with E-state index in [1.54, 1.807) is 0 Å². The van der Waals surface area contributed by atoms with E-state index in [9.17, 15) is 34.2 Å². The Labute approximate surface area is 661 Å². The maximum absolute atomic E-state index is 10.6. The van der Waals surface area contributed by atoms with Gasteiger partial charge in [-0.15, -0.1) is 0 Å². The normalized spacial score (nSPS) is 10.7. The summed E-state index contributed by atoms with van der Waals surface area (Å²) in [6.07, 6.45) is 102. The van der Waals surface area contributed by atoms with Crippen LogP contribution in [-0.4, -0.2) is 72.6 Å². The maximum Gasteiger partial charge on any atom is 2.00 e. The molecule has 101 heavy (non-hydrogen) atoms. The second-order valence-corrected chi connectivity index (χ2v) is 30.6. The summed E-state index contributed by atoms with van der Waals surface area (Å²) in [5, 5.41) is 29.0. The molecule has 0 spiro atoms. The summed E-state index contributed by atoms with van der Waals surface area (Å²) in [6.45, 7) is 11.4. The van der Waals surface area contributed by atoms with E-state index < -0.39 is 17.9 Å². The molecule has 0 radical (unpaired) electrons. The summed E-state index contributed by atoms with van der Waals surface area (Å²) >= 11 is 0. The van der Waals surface area contributed by atoms with E-state index >= 15 is 0 Å². The predicted molar refractivity (Wildman–Crippen MR) is 440 cm³/mol. The van der Waals surface area contributed by atoms with Crippen molar-refractivity contribution in [2.75, 3.05) is 0 Å². The molecule has 2 amide bonds. The number of primary amides is 2. The van der Waals surface area contributed by atoms with E-state index in [-0.39, 0.29) is 62.4 Å². The molecule has 10 nitrogen and oxygen atoms in total. The molecule has 0 unspecified atom stereocenters. The van der Waals surface area contributed by atoms with Gasteiger partial charge in [-0.05, 0) is 44.9 Å². The molecule has 0 aromatic heterocycles. The van der Waals surface area contributed by atoms with E-state index in [1.807, 2.05) is 0 Å². The Balaban J connectivity index is -0.000000279. The third-order valence-corrected chi connectivity index (χ3v) is 20.0. The van der Waals surface area contributed by atoms with Gasteiger partial charge in [0.05, 0.1) is 0 Å². The van der Waals surface area contributed by atoms with Crippen LogP contribution in [0.15, 0.2) is 0 Å². The van der Waals surface area contributed by atoms with Gasteiger partial charge in [-0.25, -0.2) is 0 Å². The van der Waals surface area contributed by atoms with Gasteiger partial charge in [-0.2, -0.15) is 0 Å². The summed E-state index contributed by atoms with van der Waals surface area (Å²) in [5.74, 6) is -2.77. The molecule has 0 saturated carbocycles. The van der Waals surface area contributed by atoms with E-state index in [4.69, 9.17) is 16.6 Å². The fourth-order valence-electron chi connectivity index (χ4n) is 13.3. The molecule has 5 N–H and O–H groups in total. The number of carbonyl (C=O) groups is 5. The van der Waals surface area contributed by atoms with Crippen molar-refractivity contribution >= 4 is 67.5 Å². The molecule has 0 aromatic carbocycles. The van der Waals surface area contributed by atoms with Gasteiger partial charge in [-0.3, -0.25) is 14.4 Å². The Morgan fingerprint density at radius 1 is 0.188 bits per heavy atom. The number of nitrogens with two attached hydrogens (primary N) is 2. The Bertz CT molecular complexity index is 1280. The number of hydrogen-bond donors (Lipinski definition) is 3. The average Bonchev–Trinajstić information content (AvgIpc) is 3.67. The minimum absolute atomic E-state index is 0. The summed E-state index contributed by atoms with van der Waals surface area (Å²) in [6, 6.07) is 0. The molecule has 0 aliphatic rings. The molecule has 0 bridgehead atoms. The minimum Gasteiger partial charge on any atom is -0.550 e. The van der Waals surface area contributed by atoms with Gasteiger partial charge in [0, 0.05) is 31.2 Å². The number of carbonyl (C=O) groups excluding carboxylic acids is 4. The van der Waals surface area contributed by atoms with Crippen molar-refractivity contribution in [1.82, 2.24) is 0 Å². The second kappa shape index (κ2) is 107. The zero-order valence-corrected chi connectivity index (χ0v) is 71.4. The number of unbranched alkanes of at least 4 members (excludes halogenated alkanes) is 70. The summed E-state index contributed by atoms with van der Waals surface area (Å²) < 4.78 is 0. The number of aliphatic carboxylic acids is 3. The zero-order chi connectivity index (χ0) is 74.5. The van der Waals surface area contributed by atoms with Gasteiger partial charge in [0.15, 0.2) is 0 Å². The SMILES string of the molecule is CCCCCCCCCCCCCCCCCC(=O)O.CCCCCCCCCCCCCCCCCC(=O)[O-].CCCCCCCCCCCCCCCCCC(=O)[O-].CCCCCCCCCCCCCCCCCC(N)=O.CCCCCCCCCCCCCCCCCC(N)=O.[Ca+2]. The Morgan fingerprint density at radius 3 is 0.386 bits per heavy atom. The van der Waals surface area contributed by atoms with Gasteiger partial charge in [0.2, 0.25) is 11.8 Å². The molecule has 600 valence electrons. The standard InChI is InChI=1S/2C18H37NO.3C18H36O2.Ca/c5*1-2-3-4-5-6-7-8-9-10-11-12-13-14-15-16-17-18(19)20;/h2*2-17H2,1H3,(H2,19,20);3*2-17H2,1H3,(H,19,20);/q;;;;;+2/p-2. The third kappa shape index (κ3) is 132. The van der Waals surface area contributed by atoms with Crippen molar-refractivity contribution in [3.05, 3.63) is 0 Å². The number of carboxylic acid groups (broad SMARTS) is 3. The first-order chi connectivity index (χ1) is 48.9. The van der Waals surface area contributed by atoms with Gasteiger partial charge < -0.3 is 36.4 Å². The van der Waals surface area contributed by atoms with Crippen LogP contribution in [0.2, 0.25) is 0 Å². The molecule has 0 rings (SSSR count). The molecule has 0 atom stereocenters. The van der Waals surface area contributed by atoms with Crippen molar-refractivity contribution in [1.29, 1.82) is 0 Å². The smallest absolute Gasteiger partial charge is 0.550 e. The minimum atomic E-state index is -0.903. The molecule has 0 aromatic rings. The number of amides is 2. The first-order valence-corrected chi connectivity index (χ1v) is 45.0. The van der Waals surface area contributed by atoms with Crippen LogP contribution in [0.25, 0.3) is 0 Å². The van der Waals surface area contributed by atoms with Crippen molar-refractivity contribution < 1.29 is 39.3 Å². The zero-order valence-electron chi connectivity index (χ0n) is 69.2. The van der Waals surface area contributed by atoms with E-state index in [0.29, 0.717) is 19.3 Å². The van der Waals surface area contributed by atoms with Crippen molar-refractivity contribution in [2.45, 2.75) is 548 Å². The quantitative estimate of drug-likeness (QED) is 0.0394. The van der Waals surface area contributed by atoms with Crippen LogP contribution >= 0.6 is 0 Å². The number of carboxylic acids is 3. The molecule has 0 heterocycles. The summed E-state index contributed by atoms with van der Waals surface area (Å²) in [7, 11) is 0. The molecular weight excluding hydrogens is 1280 g/mol. The van der Waals surface area contributed by atoms with Gasteiger partial charge in [0.1, 0.15) is 0 Å². The van der Waals surface area contributed by atoms with E-state index in [0.717, 1.165) is 51.4 Å². The van der Waals surface area contributed by atoms with Crippen LogP contribution in [0.4, 0.5) is 0 Å². The van der Waals surface area contributed by atoms with Crippen molar-refractivity contribution in [3.63, 3.8) is 0 Å². The van der Waals surface area contributed by atoms with Crippen LogP contribution < -0.4 is 21.7 Å². The molecule has 0 aliphatic carbocycles. The third-order valence-electron chi connectivity index (χ3n) is 20.0. The fourth-order valence-corrected chi connectivity index (χ4v) is 13.3. The van der Waals surface area contributed by atoms with Crippen LogP contribution in [0.5, 0.6) is 0 Å². The van der Waals surface area contributed by atoms with Gasteiger partial charge in [0.25, 0.3) is 0 Å². The van der Waals surface area contributed by atoms with E-state index in [1.165, 1.54) is 430 Å². The van der Waals surface area contributed by atoms with E-state index in [2.05, 4.69) is 34.6 Å². The van der Waals surface area contributed by atoms with Gasteiger partial charge >= 0.3 is 43.7 Å². The van der Waals surface area contributed by atoms with Crippen LogP contribution in [0.1, 0.15) is 548 Å². The van der Waals surface area contributed by atoms with Gasteiger partial charge in [-0.1, -0.05) is 484 Å². The van der Waals surface area contributed by atoms with Crippen LogP contribution in [0, 0.1) is 0 Å². The summed E-state index contributed by atoms with van der Waals surface area (Å²) in [4.78, 5) is 51.9. The Kier molecular flexibility index (Phi) is 117. The molecule has 0 saturated heterocycles. The fraction of sp³-hybridized carbons (Fsp3) is 0.944. The molecule has 0 aliphatic heterocycles. The summed E-state index contributed by atoms with van der Waals surface area (Å²) in [5.41, 5.74) is 10.2. The largest absolute Gasteiger partial charge is 2.00 e. The average molecular weight is 1460 g/mol. The Hall–Kier alpha value is -1.39. The monoisotopic (exact) mass is 1460 g/mol. The predicted octanol–water partition coefficient (Wildman–Crippen LogP) is 27.4. The second-order valence-electron chi connectivity index (χ2n) is 30.6. The van der Waals surface area contributed by atoms with Crippen LogP contribution in [-0.2, 0) is 24.0 Å². The van der Waals surface area contributed by atoms with Crippen molar-refractivity contribution in [3.8, 4) is 0 Å². The first kappa shape index (κ1) is 111. The van der Waals surface area contributed by atoms with Crippen LogP contribution in [0.3, 0.4) is 0 Å². The number of rotatable bonds is 80. The van der Waals surface area contributed by atoms with Crippen molar-refractivity contribution in [2.24, 2.45) is 11.5 Å². The topological polar surface area (TPSA) is 204 Å².